The van der Waals surface area contributed by atoms with Crippen LogP contribution in [0.1, 0.15) is 57.2 Å². The van der Waals surface area contributed by atoms with Crippen molar-refractivity contribution in [2.45, 2.75) is 65.0 Å². The highest BCUT2D eigenvalue weighted by Gasteiger charge is 2.21. The molecular formula is C15H27N5O. The van der Waals surface area contributed by atoms with E-state index in [-0.39, 0.29) is 0 Å². The molecule has 0 spiro atoms. The molecule has 0 unspecified atom stereocenters. The second-order valence-electron chi connectivity index (χ2n) is 5.81. The summed E-state index contributed by atoms with van der Waals surface area (Å²) >= 11 is 0. The molecule has 0 amide bonds. The topological polar surface area (TPSA) is 75.3 Å². The molecule has 6 heteroatoms. The molecule has 21 heavy (non-hydrogen) atoms. The first-order valence-electron chi connectivity index (χ1n) is 7.97. The average Bonchev–Trinajstić information content (AvgIpc) is 2.91. The van der Waals surface area contributed by atoms with Gasteiger partial charge in [-0.25, -0.2) is 0 Å². The van der Waals surface area contributed by atoms with Gasteiger partial charge >= 0.3 is 0 Å². The highest BCUT2D eigenvalue weighted by Crippen LogP contribution is 2.27. The van der Waals surface area contributed by atoms with E-state index in [0.29, 0.717) is 24.3 Å². The standard InChI is InChI=1S/C15H27N5O/c1-4-5-12-6-8-13(9-7-12)19-15(16-3)17-10-14-18-11(2)21-20-14/h12-13H,4-10H2,1-3H3,(H2,16,17,19). The lowest BCUT2D eigenvalue weighted by atomic mass is 9.83. The summed E-state index contributed by atoms with van der Waals surface area (Å²) in [7, 11) is 1.79. The maximum atomic E-state index is 4.95. The highest BCUT2D eigenvalue weighted by molar-refractivity contribution is 5.79. The number of nitrogens with one attached hydrogen (secondary N) is 2. The Balaban J connectivity index is 1.73. The number of aliphatic imine (C=N–C) groups is 1. The molecule has 0 atom stereocenters. The largest absolute Gasteiger partial charge is 0.354 e. The zero-order valence-corrected chi connectivity index (χ0v) is 13.4. The number of hydrogen-bond donors (Lipinski definition) is 2. The molecule has 118 valence electrons. The zero-order valence-electron chi connectivity index (χ0n) is 13.4. The first-order chi connectivity index (χ1) is 10.2. The molecule has 2 N–H and O–H groups in total. The Bertz CT molecular complexity index is 449. The number of nitrogens with zero attached hydrogens (tertiary/aromatic N) is 3. The minimum Gasteiger partial charge on any atom is -0.354 e. The minimum absolute atomic E-state index is 0.524. The predicted octanol–water partition coefficient (Wildman–Crippen LogP) is 2.40. The van der Waals surface area contributed by atoms with Crippen LogP contribution in [0.2, 0.25) is 0 Å². The van der Waals surface area contributed by atoms with Crippen LogP contribution < -0.4 is 10.6 Å². The van der Waals surface area contributed by atoms with Crippen molar-refractivity contribution in [2.24, 2.45) is 10.9 Å². The number of aryl methyl sites for hydroxylation is 1. The van der Waals surface area contributed by atoms with E-state index in [9.17, 15) is 0 Å². The first-order valence-corrected chi connectivity index (χ1v) is 7.97. The quantitative estimate of drug-likeness (QED) is 0.644. The molecule has 0 aliphatic heterocycles. The summed E-state index contributed by atoms with van der Waals surface area (Å²) < 4.78 is 4.95. The molecule has 1 aliphatic carbocycles. The van der Waals surface area contributed by atoms with E-state index in [0.717, 1.165) is 11.9 Å². The fraction of sp³-hybridized carbons (Fsp3) is 0.800. The van der Waals surface area contributed by atoms with Crippen molar-refractivity contribution in [3.8, 4) is 0 Å². The third kappa shape index (κ3) is 5.02. The van der Waals surface area contributed by atoms with Crippen molar-refractivity contribution in [3.05, 3.63) is 11.7 Å². The summed E-state index contributed by atoms with van der Waals surface area (Å²) in [5.74, 6) is 2.98. The average molecular weight is 293 g/mol. The Hall–Kier alpha value is -1.59. The van der Waals surface area contributed by atoms with Crippen molar-refractivity contribution < 1.29 is 4.52 Å². The lowest BCUT2D eigenvalue weighted by Crippen LogP contribution is -2.44. The number of guanidine groups is 1. The van der Waals surface area contributed by atoms with Gasteiger partial charge in [-0.05, 0) is 31.6 Å². The normalized spacial score (nSPS) is 23.1. The van der Waals surface area contributed by atoms with Crippen LogP contribution in [0.5, 0.6) is 0 Å². The van der Waals surface area contributed by atoms with Gasteiger partial charge < -0.3 is 15.2 Å². The molecular weight excluding hydrogens is 266 g/mol. The van der Waals surface area contributed by atoms with E-state index in [1.807, 2.05) is 0 Å². The molecule has 0 radical (unpaired) electrons. The van der Waals surface area contributed by atoms with Gasteiger partial charge in [-0.15, -0.1) is 0 Å². The van der Waals surface area contributed by atoms with Crippen LogP contribution in [-0.4, -0.2) is 29.2 Å². The van der Waals surface area contributed by atoms with Crippen LogP contribution in [0, 0.1) is 12.8 Å². The van der Waals surface area contributed by atoms with Gasteiger partial charge in [0.15, 0.2) is 11.8 Å². The summed E-state index contributed by atoms with van der Waals surface area (Å²) in [5.41, 5.74) is 0. The van der Waals surface area contributed by atoms with Crippen LogP contribution in [0.15, 0.2) is 9.52 Å². The molecule has 1 fully saturated rings. The van der Waals surface area contributed by atoms with Crippen LogP contribution in [0.3, 0.4) is 0 Å². The van der Waals surface area contributed by atoms with Gasteiger partial charge in [0.2, 0.25) is 5.89 Å². The Morgan fingerprint density at radius 2 is 2.10 bits per heavy atom. The third-order valence-electron chi connectivity index (χ3n) is 4.09. The predicted molar refractivity (Wildman–Crippen MR) is 83.0 cm³/mol. The maximum Gasteiger partial charge on any atom is 0.223 e. The van der Waals surface area contributed by atoms with Crippen LogP contribution in [0.25, 0.3) is 0 Å². The molecule has 2 rings (SSSR count). The van der Waals surface area contributed by atoms with Crippen molar-refractivity contribution in [3.63, 3.8) is 0 Å². The lowest BCUT2D eigenvalue weighted by molar-refractivity contribution is 0.295. The minimum atomic E-state index is 0.524. The van der Waals surface area contributed by atoms with Crippen LogP contribution in [0.4, 0.5) is 0 Å². The zero-order chi connectivity index (χ0) is 15.1. The van der Waals surface area contributed by atoms with Crippen molar-refractivity contribution in [1.29, 1.82) is 0 Å². The number of rotatable bonds is 5. The van der Waals surface area contributed by atoms with E-state index in [4.69, 9.17) is 4.52 Å². The van der Waals surface area contributed by atoms with E-state index in [2.05, 4.69) is 32.7 Å². The molecule has 1 aromatic rings. The van der Waals surface area contributed by atoms with Gasteiger partial charge in [0, 0.05) is 20.0 Å². The third-order valence-corrected chi connectivity index (χ3v) is 4.09. The summed E-state index contributed by atoms with van der Waals surface area (Å²) in [5, 5.41) is 10.6. The van der Waals surface area contributed by atoms with E-state index < -0.39 is 0 Å². The molecule has 1 heterocycles. The molecule has 0 saturated heterocycles. The molecule has 1 saturated carbocycles. The first kappa shape index (κ1) is 15.8. The molecule has 0 aromatic carbocycles. The van der Waals surface area contributed by atoms with Crippen LogP contribution in [-0.2, 0) is 6.54 Å². The van der Waals surface area contributed by atoms with Crippen molar-refractivity contribution in [2.75, 3.05) is 7.05 Å². The Morgan fingerprint density at radius 1 is 1.33 bits per heavy atom. The maximum absolute atomic E-state index is 4.95. The van der Waals surface area contributed by atoms with Gasteiger partial charge in [-0.2, -0.15) is 4.98 Å². The Kier molecular flexibility index (Phi) is 6.02. The Morgan fingerprint density at radius 3 is 2.67 bits per heavy atom. The van der Waals surface area contributed by atoms with Crippen molar-refractivity contribution in [1.82, 2.24) is 20.8 Å². The van der Waals surface area contributed by atoms with E-state index >= 15 is 0 Å². The van der Waals surface area contributed by atoms with Gasteiger partial charge in [0.05, 0.1) is 6.54 Å². The monoisotopic (exact) mass is 293 g/mol. The van der Waals surface area contributed by atoms with Gasteiger partial charge in [0.25, 0.3) is 0 Å². The molecule has 0 bridgehead atoms. The Labute approximate surface area is 126 Å². The lowest BCUT2D eigenvalue weighted by Gasteiger charge is -2.30. The van der Waals surface area contributed by atoms with Gasteiger partial charge in [-0.3, -0.25) is 4.99 Å². The SMILES string of the molecule is CCCC1CCC(NC(=NC)NCc2noc(C)n2)CC1. The van der Waals surface area contributed by atoms with Gasteiger partial charge in [0.1, 0.15) is 0 Å². The second kappa shape index (κ2) is 8.00. The van der Waals surface area contributed by atoms with Crippen LogP contribution >= 0.6 is 0 Å². The fourth-order valence-electron chi connectivity index (χ4n) is 2.97. The second-order valence-corrected chi connectivity index (χ2v) is 5.81. The molecule has 1 aliphatic rings. The summed E-state index contributed by atoms with van der Waals surface area (Å²) in [6.45, 7) is 4.59. The fourth-order valence-corrected chi connectivity index (χ4v) is 2.97. The summed E-state index contributed by atoms with van der Waals surface area (Å²) in [6, 6.07) is 0.524. The summed E-state index contributed by atoms with van der Waals surface area (Å²) in [6.07, 6.45) is 7.78. The molecule has 6 nitrogen and oxygen atoms in total. The number of aromatic nitrogens is 2. The van der Waals surface area contributed by atoms with Crippen molar-refractivity contribution >= 4 is 5.96 Å². The van der Waals surface area contributed by atoms with E-state index in [1.54, 1.807) is 14.0 Å². The summed E-state index contributed by atoms with van der Waals surface area (Å²) in [4.78, 5) is 8.44. The van der Waals surface area contributed by atoms with Gasteiger partial charge in [-0.1, -0.05) is 24.9 Å². The van der Waals surface area contributed by atoms with E-state index in [1.165, 1.54) is 38.5 Å². The molecule has 1 aromatic heterocycles. The highest BCUT2D eigenvalue weighted by atomic mass is 16.5. The smallest absolute Gasteiger partial charge is 0.223 e. The number of hydrogen-bond acceptors (Lipinski definition) is 4.